The van der Waals surface area contributed by atoms with E-state index < -0.39 is 11.5 Å². The van der Waals surface area contributed by atoms with E-state index in [1.54, 1.807) is 40.2 Å². The first-order valence-corrected chi connectivity index (χ1v) is 13.3. The highest BCUT2D eigenvalue weighted by Gasteiger charge is 2.26. The van der Waals surface area contributed by atoms with Crippen LogP contribution in [0.25, 0.3) is 5.69 Å². The second-order valence-corrected chi connectivity index (χ2v) is 9.09. The van der Waals surface area contributed by atoms with Crippen molar-refractivity contribution < 1.29 is 24.1 Å². The summed E-state index contributed by atoms with van der Waals surface area (Å²) < 4.78 is 16.9. The number of phenolic OH excluding ortho intramolecular Hbond substituents is 1. The third-order valence-electron chi connectivity index (χ3n) is 6.42. The molecule has 0 aliphatic heterocycles. The third-order valence-corrected chi connectivity index (χ3v) is 6.42. The number of aromatic nitrogens is 2. The number of nitrogens with zero attached hydrogens (tertiary/aromatic N) is 3. The number of hydrogen-bond acceptors (Lipinski definition) is 8. The fourth-order valence-corrected chi connectivity index (χ4v) is 4.55. The number of esters is 1. The van der Waals surface area contributed by atoms with Crippen molar-refractivity contribution in [1.82, 2.24) is 9.55 Å². The monoisotopic (exact) mass is 559 g/mol. The number of carbonyl (C=O) groups is 1. The lowest BCUT2D eigenvalue weighted by Gasteiger charge is -2.26. The number of aromatic hydroxyl groups is 1. The van der Waals surface area contributed by atoms with E-state index >= 15 is 0 Å². The van der Waals surface area contributed by atoms with Gasteiger partial charge in [-0.2, -0.15) is 0 Å². The Morgan fingerprint density at radius 3 is 1.73 bits per heavy atom. The van der Waals surface area contributed by atoms with Gasteiger partial charge in [-0.3, -0.25) is 9.36 Å². The van der Waals surface area contributed by atoms with Gasteiger partial charge in [-0.15, -0.1) is 0 Å². The second-order valence-electron chi connectivity index (χ2n) is 9.09. The summed E-state index contributed by atoms with van der Waals surface area (Å²) in [6.07, 6.45) is 1.41. The van der Waals surface area contributed by atoms with Crippen molar-refractivity contribution in [3.8, 4) is 22.9 Å². The Balaban J connectivity index is 0.00000226. The van der Waals surface area contributed by atoms with Crippen LogP contribution in [0.1, 0.15) is 46.5 Å². The summed E-state index contributed by atoms with van der Waals surface area (Å²) in [5, 5.41) is 9.98. The molecule has 4 aromatic rings. The number of hydrogen-bond donors (Lipinski definition) is 1. The molecule has 0 bridgehead atoms. The SMILES string of the molecule is CC.COC(=O)c1c(N(Cc2ccc(OC)cc2)Cc2ccc(OC)cc2)ncn(-c2c(C)cc(O)cc2C)c1=O. The fraction of sp³-hybridized carbons (Fsp3) is 0.281. The average molecular weight is 560 g/mol. The van der Waals surface area contributed by atoms with Crippen LogP contribution in [0, 0.1) is 13.8 Å². The highest BCUT2D eigenvalue weighted by Crippen LogP contribution is 2.26. The van der Waals surface area contributed by atoms with Gasteiger partial charge in [0.25, 0.3) is 5.56 Å². The maximum atomic E-state index is 13.9. The zero-order chi connectivity index (χ0) is 30.1. The van der Waals surface area contributed by atoms with Crippen LogP contribution in [0.5, 0.6) is 17.2 Å². The van der Waals surface area contributed by atoms with Gasteiger partial charge >= 0.3 is 5.97 Å². The van der Waals surface area contributed by atoms with Gasteiger partial charge in [0, 0.05) is 13.1 Å². The number of aryl methyl sites for hydroxylation is 2. The number of anilines is 1. The van der Waals surface area contributed by atoms with Crippen LogP contribution in [0.15, 0.2) is 71.8 Å². The Morgan fingerprint density at radius 2 is 1.32 bits per heavy atom. The Hall–Kier alpha value is -4.79. The van der Waals surface area contributed by atoms with Crippen molar-refractivity contribution in [1.29, 1.82) is 0 Å². The number of methoxy groups -OCH3 is 3. The standard InChI is InChI=1S/C30H31N3O6.C2H6/c1-19-14-23(34)15-20(2)27(19)33-18-31-28(26(29(33)35)30(36)39-5)32(16-21-6-10-24(37-3)11-7-21)17-22-8-12-25(38-4)13-9-22;1-2/h6-15,18,34H,16-17H2,1-5H3;1-2H3. The summed E-state index contributed by atoms with van der Waals surface area (Å²) in [4.78, 5) is 33.4. The molecule has 0 aliphatic rings. The molecule has 0 radical (unpaired) electrons. The van der Waals surface area contributed by atoms with E-state index in [1.807, 2.05) is 67.3 Å². The van der Waals surface area contributed by atoms with Crippen molar-refractivity contribution >= 4 is 11.8 Å². The predicted molar refractivity (Wildman–Crippen MR) is 160 cm³/mol. The van der Waals surface area contributed by atoms with E-state index in [1.165, 1.54) is 18.0 Å². The minimum atomic E-state index is -0.791. The number of ether oxygens (including phenoxy) is 3. The van der Waals surface area contributed by atoms with Crippen LogP contribution in [0.2, 0.25) is 0 Å². The van der Waals surface area contributed by atoms with Gasteiger partial charge in [0.2, 0.25) is 0 Å². The molecule has 216 valence electrons. The molecule has 0 spiro atoms. The molecule has 0 amide bonds. The topological polar surface area (TPSA) is 103 Å². The quantitative estimate of drug-likeness (QED) is 0.265. The lowest BCUT2D eigenvalue weighted by molar-refractivity contribution is 0.0598. The molecule has 9 nitrogen and oxygen atoms in total. The van der Waals surface area contributed by atoms with E-state index in [0.29, 0.717) is 29.9 Å². The van der Waals surface area contributed by atoms with Gasteiger partial charge in [-0.1, -0.05) is 38.1 Å². The molecule has 0 fully saturated rings. The molecule has 4 rings (SSSR count). The van der Waals surface area contributed by atoms with Crippen LogP contribution >= 0.6 is 0 Å². The smallest absolute Gasteiger partial charge is 0.347 e. The lowest BCUT2D eigenvalue weighted by atomic mass is 10.1. The van der Waals surface area contributed by atoms with Crippen LogP contribution < -0.4 is 19.9 Å². The van der Waals surface area contributed by atoms with Gasteiger partial charge in [0.05, 0.1) is 27.0 Å². The van der Waals surface area contributed by atoms with Crippen LogP contribution in [-0.2, 0) is 17.8 Å². The van der Waals surface area contributed by atoms with Gasteiger partial charge in [0.15, 0.2) is 11.4 Å². The van der Waals surface area contributed by atoms with E-state index in [-0.39, 0.29) is 17.1 Å². The molecule has 0 saturated carbocycles. The molecule has 0 aliphatic carbocycles. The molecule has 41 heavy (non-hydrogen) atoms. The molecule has 9 heteroatoms. The van der Waals surface area contributed by atoms with Crippen LogP contribution in [-0.4, -0.2) is 42.0 Å². The van der Waals surface area contributed by atoms with E-state index in [2.05, 4.69) is 4.98 Å². The number of phenols is 1. The van der Waals surface area contributed by atoms with Gasteiger partial charge in [0.1, 0.15) is 23.6 Å². The Bertz CT molecular complexity index is 1460. The second kappa shape index (κ2) is 14.0. The molecule has 0 atom stereocenters. The van der Waals surface area contributed by atoms with E-state index in [9.17, 15) is 14.7 Å². The molecule has 0 saturated heterocycles. The summed E-state index contributed by atoms with van der Waals surface area (Å²) in [5.74, 6) is 0.932. The molecule has 1 N–H and O–H groups in total. The maximum Gasteiger partial charge on any atom is 0.347 e. The molecule has 1 heterocycles. The van der Waals surface area contributed by atoms with Crippen LogP contribution in [0.4, 0.5) is 5.82 Å². The van der Waals surface area contributed by atoms with Crippen molar-refractivity contribution in [2.75, 3.05) is 26.2 Å². The number of carbonyl (C=O) groups excluding carboxylic acids is 1. The number of benzene rings is 3. The highest BCUT2D eigenvalue weighted by molar-refractivity contribution is 5.94. The minimum Gasteiger partial charge on any atom is -0.508 e. The molecule has 0 unspecified atom stereocenters. The first-order chi connectivity index (χ1) is 19.7. The van der Waals surface area contributed by atoms with Crippen molar-refractivity contribution in [2.45, 2.75) is 40.8 Å². The van der Waals surface area contributed by atoms with Crippen LogP contribution in [0.3, 0.4) is 0 Å². The van der Waals surface area contributed by atoms with Crippen molar-refractivity contribution in [2.24, 2.45) is 0 Å². The van der Waals surface area contributed by atoms with Gasteiger partial charge in [-0.05, 0) is 72.5 Å². The van der Waals surface area contributed by atoms with Gasteiger partial charge in [-0.25, -0.2) is 9.78 Å². The van der Waals surface area contributed by atoms with E-state index in [0.717, 1.165) is 22.6 Å². The molecule has 3 aromatic carbocycles. The number of rotatable bonds is 9. The van der Waals surface area contributed by atoms with Crippen molar-refractivity contribution in [3.63, 3.8) is 0 Å². The van der Waals surface area contributed by atoms with E-state index in [4.69, 9.17) is 14.2 Å². The Labute approximate surface area is 240 Å². The summed E-state index contributed by atoms with van der Waals surface area (Å²) in [5.41, 5.74) is 2.96. The molecule has 1 aromatic heterocycles. The Kier molecular flexibility index (Phi) is 10.5. The van der Waals surface area contributed by atoms with Crippen molar-refractivity contribution in [3.05, 3.63) is 105 Å². The minimum absolute atomic E-state index is 0.0877. The summed E-state index contributed by atoms with van der Waals surface area (Å²) >= 11 is 0. The molecular formula is C32H37N3O6. The summed E-state index contributed by atoms with van der Waals surface area (Å²) in [7, 11) is 4.44. The predicted octanol–water partition coefficient (Wildman–Crippen LogP) is 5.59. The maximum absolute atomic E-state index is 13.9. The fourth-order valence-electron chi connectivity index (χ4n) is 4.55. The largest absolute Gasteiger partial charge is 0.508 e. The average Bonchev–Trinajstić information content (AvgIpc) is 2.98. The summed E-state index contributed by atoms with van der Waals surface area (Å²) in [6, 6.07) is 18.2. The Morgan fingerprint density at radius 1 is 0.854 bits per heavy atom. The lowest BCUT2D eigenvalue weighted by Crippen LogP contribution is -2.33. The third kappa shape index (κ3) is 7.05. The molecular weight excluding hydrogens is 522 g/mol. The zero-order valence-electron chi connectivity index (χ0n) is 24.6. The highest BCUT2D eigenvalue weighted by atomic mass is 16.5. The first kappa shape index (κ1) is 30.7. The first-order valence-electron chi connectivity index (χ1n) is 13.3. The van der Waals surface area contributed by atoms with Gasteiger partial charge < -0.3 is 24.2 Å². The summed E-state index contributed by atoms with van der Waals surface area (Å²) in [6.45, 7) is 8.27. The zero-order valence-corrected chi connectivity index (χ0v) is 24.6. The normalized spacial score (nSPS) is 10.3.